The van der Waals surface area contributed by atoms with E-state index in [1.807, 2.05) is 0 Å². The molecule has 18 heavy (non-hydrogen) atoms. The molecule has 0 saturated carbocycles. The first kappa shape index (κ1) is 13.6. The molecule has 3 heteroatoms. The van der Waals surface area contributed by atoms with Crippen LogP contribution in [0, 0.1) is 5.41 Å². The molecule has 2 atom stereocenters. The molecule has 0 saturated heterocycles. The van der Waals surface area contributed by atoms with E-state index in [1.54, 1.807) is 7.11 Å². The van der Waals surface area contributed by atoms with E-state index in [-0.39, 0.29) is 6.04 Å². The van der Waals surface area contributed by atoms with E-state index >= 15 is 0 Å². The van der Waals surface area contributed by atoms with E-state index in [0.29, 0.717) is 11.5 Å². The van der Waals surface area contributed by atoms with Gasteiger partial charge in [-0.2, -0.15) is 0 Å². The van der Waals surface area contributed by atoms with Gasteiger partial charge in [0.2, 0.25) is 0 Å². The van der Waals surface area contributed by atoms with Crippen molar-refractivity contribution in [3.8, 4) is 0 Å². The SMILES string of the molecule is CCC(COC)n1ccc2c1CC(C)(C)CC2N. The summed E-state index contributed by atoms with van der Waals surface area (Å²) in [4.78, 5) is 0. The Morgan fingerprint density at radius 1 is 1.56 bits per heavy atom. The number of ether oxygens (including phenoxy) is 1. The number of methoxy groups -OCH3 is 1. The molecule has 2 rings (SSSR count). The third-order valence-corrected chi connectivity index (χ3v) is 4.10. The van der Waals surface area contributed by atoms with Crippen molar-refractivity contribution in [2.45, 2.75) is 52.1 Å². The van der Waals surface area contributed by atoms with Crippen LogP contribution < -0.4 is 5.73 Å². The first-order chi connectivity index (χ1) is 8.48. The van der Waals surface area contributed by atoms with E-state index in [9.17, 15) is 0 Å². The maximum Gasteiger partial charge on any atom is 0.0669 e. The maximum atomic E-state index is 6.31. The third-order valence-electron chi connectivity index (χ3n) is 4.10. The van der Waals surface area contributed by atoms with Crippen molar-refractivity contribution in [3.05, 3.63) is 23.5 Å². The van der Waals surface area contributed by atoms with Crippen molar-refractivity contribution in [1.29, 1.82) is 0 Å². The summed E-state index contributed by atoms with van der Waals surface area (Å²) in [6, 6.07) is 2.82. The topological polar surface area (TPSA) is 40.2 Å². The maximum absolute atomic E-state index is 6.31. The average molecular weight is 250 g/mol. The summed E-state index contributed by atoms with van der Waals surface area (Å²) in [5.74, 6) is 0. The summed E-state index contributed by atoms with van der Waals surface area (Å²) in [5, 5.41) is 0. The van der Waals surface area contributed by atoms with E-state index in [0.717, 1.165) is 25.9 Å². The Bertz CT molecular complexity index is 409. The minimum atomic E-state index is 0.185. The molecule has 1 heterocycles. The van der Waals surface area contributed by atoms with Gasteiger partial charge in [0.05, 0.1) is 12.6 Å². The second-order valence-corrected chi connectivity index (χ2v) is 6.29. The summed E-state index contributed by atoms with van der Waals surface area (Å²) in [6.07, 6.45) is 5.47. The Morgan fingerprint density at radius 3 is 2.89 bits per heavy atom. The lowest BCUT2D eigenvalue weighted by atomic mass is 9.74. The molecule has 0 aromatic carbocycles. The van der Waals surface area contributed by atoms with Crippen LogP contribution in [0.3, 0.4) is 0 Å². The van der Waals surface area contributed by atoms with Gasteiger partial charge >= 0.3 is 0 Å². The molecule has 1 aromatic rings. The molecule has 0 radical (unpaired) electrons. The quantitative estimate of drug-likeness (QED) is 0.892. The van der Waals surface area contributed by atoms with Gasteiger partial charge in [0.15, 0.2) is 0 Å². The van der Waals surface area contributed by atoms with E-state index in [1.165, 1.54) is 11.3 Å². The number of hydrogen-bond donors (Lipinski definition) is 1. The Morgan fingerprint density at radius 2 is 2.28 bits per heavy atom. The molecular weight excluding hydrogens is 224 g/mol. The molecule has 102 valence electrons. The molecule has 2 unspecified atom stereocenters. The summed E-state index contributed by atoms with van der Waals surface area (Å²) < 4.78 is 7.72. The van der Waals surface area contributed by atoms with Gasteiger partial charge < -0.3 is 15.0 Å². The predicted octanol–water partition coefficient (Wildman–Crippen LogP) is 3.06. The Kier molecular flexibility index (Phi) is 3.83. The molecule has 1 aromatic heterocycles. The normalized spacial score (nSPS) is 23.7. The van der Waals surface area contributed by atoms with Crippen molar-refractivity contribution >= 4 is 0 Å². The highest BCUT2D eigenvalue weighted by Gasteiger charge is 2.33. The van der Waals surface area contributed by atoms with Crippen LogP contribution in [0.4, 0.5) is 0 Å². The number of rotatable bonds is 4. The smallest absolute Gasteiger partial charge is 0.0669 e. The second kappa shape index (κ2) is 5.06. The van der Waals surface area contributed by atoms with E-state index in [2.05, 4.69) is 37.6 Å². The van der Waals surface area contributed by atoms with Crippen LogP contribution in [0.25, 0.3) is 0 Å². The first-order valence-electron chi connectivity index (χ1n) is 6.92. The fraction of sp³-hybridized carbons (Fsp3) is 0.733. The monoisotopic (exact) mass is 250 g/mol. The Labute approximate surface area is 110 Å². The summed E-state index contributed by atoms with van der Waals surface area (Å²) in [6.45, 7) is 7.60. The zero-order valence-electron chi connectivity index (χ0n) is 12.1. The van der Waals surface area contributed by atoms with Crippen LogP contribution in [-0.4, -0.2) is 18.3 Å². The summed E-state index contributed by atoms with van der Waals surface area (Å²) in [5.41, 5.74) is 9.36. The van der Waals surface area contributed by atoms with Crippen LogP contribution in [0.1, 0.15) is 57.0 Å². The van der Waals surface area contributed by atoms with Gasteiger partial charge in [-0.1, -0.05) is 20.8 Å². The van der Waals surface area contributed by atoms with Crippen LogP contribution in [0.2, 0.25) is 0 Å². The average Bonchev–Trinajstić information content (AvgIpc) is 2.68. The van der Waals surface area contributed by atoms with Crippen molar-refractivity contribution < 1.29 is 4.74 Å². The predicted molar refractivity (Wildman–Crippen MR) is 74.7 cm³/mol. The van der Waals surface area contributed by atoms with Crippen LogP contribution in [0.5, 0.6) is 0 Å². The standard InChI is InChI=1S/C15H26N2O/c1-5-11(10-18-4)17-7-6-12-13(16)8-15(2,3)9-14(12)17/h6-7,11,13H,5,8-10,16H2,1-4H3. The largest absolute Gasteiger partial charge is 0.383 e. The molecule has 0 fully saturated rings. The minimum absolute atomic E-state index is 0.185. The zero-order valence-corrected chi connectivity index (χ0v) is 12.1. The van der Waals surface area contributed by atoms with Crippen LogP contribution in [-0.2, 0) is 11.2 Å². The number of nitrogens with zero attached hydrogens (tertiary/aromatic N) is 1. The minimum Gasteiger partial charge on any atom is -0.383 e. The number of fused-ring (bicyclic) bond motifs is 1. The van der Waals surface area contributed by atoms with Gasteiger partial charge in [-0.15, -0.1) is 0 Å². The van der Waals surface area contributed by atoms with Gasteiger partial charge in [0.1, 0.15) is 0 Å². The van der Waals surface area contributed by atoms with Crippen molar-refractivity contribution in [2.75, 3.05) is 13.7 Å². The van der Waals surface area contributed by atoms with Crippen molar-refractivity contribution in [3.63, 3.8) is 0 Å². The molecule has 1 aliphatic carbocycles. The molecule has 0 bridgehead atoms. The molecular formula is C15H26N2O. The number of nitrogens with two attached hydrogens (primary N) is 1. The lowest BCUT2D eigenvalue weighted by molar-refractivity contribution is 0.149. The third kappa shape index (κ3) is 2.47. The molecule has 0 amide bonds. The van der Waals surface area contributed by atoms with E-state index in [4.69, 9.17) is 10.5 Å². The van der Waals surface area contributed by atoms with E-state index < -0.39 is 0 Å². The highest BCUT2D eigenvalue weighted by atomic mass is 16.5. The van der Waals surface area contributed by atoms with Crippen molar-refractivity contribution in [2.24, 2.45) is 11.1 Å². The molecule has 0 aliphatic heterocycles. The highest BCUT2D eigenvalue weighted by molar-refractivity contribution is 5.30. The second-order valence-electron chi connectivity index (χ2n) is 6.29. The van der Waals surface area contributed by atoms with Gasteiger partial charge in [-0.3, -0.25) is 0 Å². The van der Waals surface area contributed by atoms with Gasteiger partial charge in [0, 0.05) is 25.0 Å². The molecule has 0 spiro atoms. The van der Waals surface area contributed by atoms with Gasteiger partial charge in [-0.25, -0.2) is 0 Å². The molecule has 3 nitrogen and oxygen atoms in total. The fourth-order valence-electron chi connectivity index (χ4n) is 3.19. The Balaban J connectivity index is 2.35. The van der Waals surface area contributed by atoms with Crippen LogP contribution in [0.15, 0.2) is 12.3 Å². The van der Waals surface area contributed by atoms with Crippen LogP contribution >= 0.6 is 0 Å². The molecule has 1 aliphatic rings. The first-order valence-corrected chi connectivity index (χ1v) is 6.92. The number of hydrogen-bond acceptors (Lipinski definition) is 2. The summed E-state index contributed by atoms with van der Waals surface area (Å²) in [7, 11) is 1.77. The zero-order chi connectivity index (χ0) is 13.3. The lowest BCUT2D eigenvalue weighted by Gasteiger charge is -2.35. The Hall–Kier alpha value is -0.800. The van der Waals surface area contributed by atoms with Gasteiger partial charge in [0.25, 0.3) is 0 Å². The summed E-state index contributed by atoms with van der Waals surface area (Å²) >= 11 is 0. The lowest BCUT2D eigenvalue weighted by Crippen LogP contribution is -2.31. The van der Waals surface area contributed by atoms with Crippen molar-refractivity contribution in [1.82, 2.24) is 4.57 Å². The van der Waals surface area contributed by atoms with Gasteiger partial charge in [-0.05, 0) is 36.3 Å². The molecule has 2 N–H and O–H groups in total. The fourth-order valence-corrected chi connectivity index (χ4v) is 3.19. The highest BCUT2D eigenvalue weighted by Crippen LogP contribution is 2.41. The number of aromatic nitrogens is 1.